The van der Waals surface area contributed by atoms with E-state index < -0.39 is 5.97 Å². The molecule has 1 rings (SSSR count). The van der Waals surface area contributed by atoms with Gasteiger partial charge in [-0.2, -0.15) is 0 Å². The number of carbonyl (C=O) groups excluding carboxylic acids is 1. The molecule has 0 heterocycles. The molecule has 0 amide bonds. The van der Waals surface area contributed by atoms with Gasteiger partial charge in [-0.1, -0.05) is 6.08 Å². The van der Waals surface area contributed by atoms with E-state index in [0.29, 0.717) is 17.7 Å². The second-order valence-corrected chi connectivity index (χ2v) is 3.19. The van der Waals surface area contributed by atoms with Crippen molar-refractivity contribution < 1.29 is 19.4 Å². The Morgan fingerprint density at radius 2 is 2.31 bits per heavy atom. The molecule has 0 saturated heterocycles. The van der Waals surface area contributed by atoms with Crippen molar-refractivity contribution in [1.82, 2.24) is 0 Å². The zero-order valence-electron chi connectivity index (χ0n) is 9.10. The highest BCUT2D eigenvalue weighted by atomic mass is 16.6. The van der Waals surface area contributed by atoms with Crippen molar-refractivity contribution in [3.8, 4) is 11.5 Å². The predicted octanol–water partition coefficient (Wildman–Crippen LogP) is 1.67. The van der Waals surface area contributed by atoms with Gasteiger partial charge in [0.05, 0.1) is 0 Å². The molecule has 1 N–H and O–H groups in total. The van der Waals surface area contributed by atoms with E-state index in [0.717, 1.165) is 0 Å². The van der Waals surface area contributed by atoms with Gasteiger partial charge in [-0.25, -0.2) is 4.79 Å². The maximum absolute atomic E-state index is 11.1. The first-order valence-electron chi connectivity index (χ1n) is 4.79. The number of methoxy groups -OCH3 is 1. The summed E-state index contributed by atoms with van der Waals surface area (Å²) >= 11 is 0. The fraction of sp³-hybridized carbons (Fsp3) is 0.250. The summed E-state index contributed by atoms with van der Waals surface area (Å²) in [5.41, 5.74) is 0.665. The number of hydrogen-bond donors (Lipinski definition) is 1. The molecule has 0 aliphatic heterocycles. The molecule has 0 atom stereocenters. The summed E-state index contributed by atoms with van der Waals surface area (Å²) in [5, 5.41) is 9.49. The lowest BCUT2D eigenvalue weighted by atomic mass is 10.1. The molecule has 0 aliphatic rings. The molecule has 1 aromatic rings. The van der Waals surface area contributed by atoms with E-state index in [9.17, 15) is 9.90 Å². The molecule has 4 nitrogen and oxygen atoms in total. The van der Waals surface area contributed by atoms with E-state index in [-0.39, 0.29) is 12.4 Å². The van der Waals surface area contributed by atoms with Gasteiger partial charge < -0.3 is 14.6 Å². The van der Waals surface area contributed by atoms with E-state index in [4.69, 9.17) is 4.74 Å². The molecule has 0 radical (unpaired) electrons. The number of aromatic hydroxyl groups is 1. The van der Waals surface area contributed by atoms with Gasteiger partial charge in [0, 0.05) is 12.7 Å². The van der Waals surface area contributed by atoms with Gasteiger partial charge in [0.1, 0.15) is 18.1 Å². The van der Waals surface area contributed by atoms with Crippen LogP contribution in [0.5, 0.6) is 11.5 Å². The number of rotatable bonds is 5. The highest BCUT2D eigenvalue weighted by Gasteiger charge is 2.06. The van der Waals surface area contributed by atoms with E-state index in [1.165, 1.54) is 19.2 Å². The van der Waals surface area contributed by atoms with E-state index in [2.05, 4.69) is 11.3 Å². The zero-order chi connectivity index (χ0) is 12.0. The Morgan fingerprint density at radius 3 is 2.94 bits per heavy atom. The van der Waals surface area contributed by atoms with E-state index >= 15 is 0 Å². The van der Waals surface area contributed by atoms with Gasteiger partial charge in [0.25, 0.3) is 0 Å². The summed E-state index contributed by atoms with van der Waals surface area (Å²) in [4.78, 5) is 11.1. The summed E-state index contributed by atoms with van der Waals surface area (Å²) in [6, 6.07) is 4.61. The second-order valence-electron chi connectivity index (χ2n) is 3.19. The van der Waals surface area contributed by atoms with Crippen LogP contribution >= 0.6 is 0 Å². The van der Waals surface area contributed by atoms with Gasteiger partial charge in [-0.15, -0.1) is 6.58 Å². The van der Waals surface area contributed by atoms with Crippen molar-refractivity contribution in [2.24, 2.45) is 0 Å². The lowest BCUT2D eigenvalue weighted by Gasteiger charge is -2.06. The Morgan fingerprint density at radius 1 is 1.56 bits per heavy atom. The second kappa shape index (κ2) is 5.92. The predicted molar refractivity (Wildman–Crippen MR) is 59.5 cm³/mol. The fourth-order valence-corrected chi connectivity index (χ4v) is 1.22. The molecule has 1 aromatic carbocycles. The van der Waals surface area contributed by atoms with Crippen molar-refractivity contribution in [3.63, 3.8) is 0 Å². The minimum absolute atomic E-state index is 0.0995. The largest absolute Gasteiger partial charge is 0.508 e. The summed E-state index contributed by atoms with van der Waals surface area (Å²) in [5.74, 6) is 0.0703. The molecule has 0 fully saturated rings. The van der Waals surface area contributed by atoms with Crippen LogP contribution in [0, 0.1) is 0 Å². The van der Waals surface area contributed by atoms with E-state index in [1.807, 2.05) is 0 Å². The quantitative estimate of drug-likeness (QED) is 0.468. The molecular formula is C12H14O4. The van der Waals surface area contributed by atoms with Crippen molar-refractivity contribution in [2.75, 3.05) is 13.7 Å². The van der Waals surface area contributed by atoms with Crippen LogP contribution in [-0.4, -0.2) is 24.8 Å². The molecule has 0 saturated carbocycles. The third-order valence-corrected chi connectivity index (χ3v) is 1.91. The first kappa shape index (κ1) is 12.3. The minimum Gasteiger partial charge on any atom is -0.508 e. The molecule has 0 aliphatic carbocycles. The molecule has 0 unspecified atom stereocenters. The van der Waals surface area contributed by atoms with Crippen LogP contribution in [0.1, 0.15) is 5.56 Å². The van der Waals surface area contributed by atoms with Gasteiger partial charge in [-0.05, 0) is 24.6 Å². The van der Waals surface area contributed by atoms with Crippen molar-refractivity contribution >= 4 is 5.97 Å². The van der Waals surface area contributed by atoms with Crippen LogP contribution in [0.25, 0.3) is 0 Å². The number of phenols is 1. The Labute approximate surface area is 94.1 Å². The highest BCUT2D eigenvalue weighted by molar-refractivity contribution is 5.73. The third-order valence-electron chi connectivity index (χ3n) is 1.91. The number of allylic oxidation sites excluding steroid dienone is 1. The van der Waals surface area contributed by atoms with Crippen LogP contribution in [0.3, 0.4) is 0 Å². The molecular weight excluding hydrogens is 208 g/mol. The number of phenolic OH excluding ortho intramolecular Hbond substituents is 1. The summed E-state index contributed by atoms with van der Waals surface area (Å²) in [6.07, 6.45) is 2.18. The van der Waals surface area contributed by atoms with Crippen LogP contribution < -0.4 is 4.74 Å². The lowest BCUT2D eigenvalue weighted by molar-refractivity contribution is -0.138. The average molecular weight is 222 g/mol. The normalized spacial score (nSPS) is 9.81. The SMILES string of the molecule is C=CCc1cc(OC(=O)COC)ccc1O. The summed E-state index contributed by atoms with van der Waals surface area (Å²) in [6.45, 7) is 3.48. The molecule has 0 spiro atoms. The Bertz CT molecular complexity index is 385. The smallest absolute Gasteiger partial charge is 0.337 e. The highest BCUT2D eigenvalue weighted by Crippen LogP contribution is 2.23. The maximum atomic E-state index is 11.1. The van der Waals surface area contributed by atoms with Gasteiger partial charge in [0.2, 0.25) is 0 Å². The minimum atomic E-state index is -0.474. The number of benzene rings is 1. The molecule has 86 valence electrons. The fourth-order valence-electron chi connectivity index (χ4n) is 1.22. The van der Waals surface area contributed by atoms with Gasteiger partial charge >= 0.3 is 5.97 Å². The maximum Gasteiger partial charge on any atom is 0.337 e. The third kappa shape index (κ3) is 3.40. The van der Waals surface area contributed by atoms with Crippen LogP contribution in [0.15, 0.2) is 30.9 Å². The monoisotopic (exact) mass is 222 g/mol. The summed E-state index contributed by atoms with van der Waals surface area (Å²) < 4.78 is 9.62. The topological polar surface area (TPSA) is 55.8 Å². The van der Waals surface area contributed by atoms with Crippen LogP contribution in [0.4, 0.5) is 0 Å². The number of hydrogen-bond acceptors (Lipinski definition) is 4. The molecule has 16 heavy (non-hydrogen) atoms. The van der Waals surface area contributed by atoms with Crippen molar-refractivity contribution in [3.05, 3.63) is 36.4 Å². The van der Waals surface area contributed by atoms with Gasteiger partial charge in [0.15, 0.2) is 0 Å². The average Bonchev–Trinajstić information content (AvgIpc) is 2.24. The first-order chi connectivity index (χ1) is 7.67. The number of carbonyl (C=O) groups is 1. The van der Waals surface area contributed by atoms with Crippen molar-refractivity contribution in [1.29, 1.82) is 0 Å². The van der Waals surface area contributed by atoms with Crippen LogP contribution in [0.2, 0.25) is 0 Å². The first-order valence-corrected chi connectivity index (χ1v) is 4.79. The van der Waals surface area contributed by atoms with Crippen LogP contribution in [-0.2, 0) is 16.0 Å². The zero-order valence-corrected chi connectivity index (χ0v) is 9.10. The standard InChI is InChI=1S/C12H14O4/c1-3-4-9-7-10(5-6-11(9)13)16-12(14)8-15-2/h3,5-7,13H,1,4,8H2,2H3. The summed E-state index contributed by atoms with van der Waals surface area (Å²) in [7, 11) is 1.42. The lowest BCUT2D eigenvalue weighted by Crippen LogP contribution is -2.14. The Kier molecular flexibility index (Phi) is 4.54. The Hall–Kier alpha value is -1.81. The molecule has 4 heteroatoms. The Balaban J connectivity index is 2.77. The number of ether oxygens (including phenoxy) is 2. The molecule has 0 bridgehead atoms. The van der Waals surface area contributed by atoms with Gasteiger partial charge in [-0.3, -0.25) is 0 Å². The van der Waals surface area contributed by atoms with Crippen molar-refractivity contribution in [2.45, 2.75) is 6.42 Å². The van der Waals surface area contributed by atoms with E-state index in [1.54, 1.807) is 12.1 Å². The number of esters is 1. The molecule has 0 aromatic heterocycles.